The second-order valence-corrected chi connectivity index (χ2v) is 6.15. The second kappa shape index (κ2) is 6.33. The van der Waals surface area contributed by atoms with E-state index in [9.17, 15) is 4.79 Å². The highest BCUT2D eigenvalue weighted by Gasteiger charge is 2.23. The molecule has 2 aromatic carbocycles. The fourth-order valence-electron chi connectivity index (χ4n) is 2.60. The van der Waals surface area contributed by atoms with Gasteiger partial charge in [0.05, 0.1) is 16.8 Å². The Morgan fingerprint density at radius 2 is 1.92 bits per heavy atom. The maximum atomic E-state index is 12.2. The van der Waals surface area contributed by atoms with E-state index >= 15 is 0 Å². The minimum atomic E-state index is -0.250. The molecule has 24 heavy (non-hydrogen) atoms. The van der Waals surface area contributed by atoms with Gasteiger partial charge in [-0.05, 0) is 29.8 Å². The normalized spacial score (nSPS) is 16.0. The first kappa shape index (κ1) is 14.7. The summed E-state index contributed by atoms with van der Waals surface area (Å²) in [6, 6.07) is 15.2. The summed E-state index contributed by atoms with van der Waals surface area (Å²) in [4.78, 5) is 16.4. The molecule has 0 aliphatic carbocycles. The Hall–Kier alpha value is -2.86. The van der Waals surface area contributed by atoms with E-state index in [2.05, 4.69) is 15.6 Å². The van der Waals surface area contributed by atoms with Crippen molar-refractivity contribution >= 4 is 22.9 Å². The molecule has 1 aliphatic rings. The van der Waals surface area contributed by atoms with Crippen LogP contribution in [-0.4, -0.2) is 10.9 Å². The van der Waals surface area contributed by atoms with E-state index in [1.807, 2.05) is 53.9 Å². The number of aromatic nitrogens is 1. The molecule has 2 N–H and O–H groups in total. The molecule has 1 amide bonds. The first-order chi connectivity index (χ1) is 11.8. The highest BCUT2D eigenvalue weighted by atomic mass is 32.1. The van der Waals surface area contributed by atoms with Crippen molar-refractivity contribution in [2.24, 2.45) is 0 Å². The molecule has 1 aliphatic heterocycles. The van der Waals surface area contributed by atoms with Crippen molar-refractivity contribution in [1.29, 1.82) is 0 Å². The van der Waals surface area contributed by atoms with Gasteiger partial charge in [0.15, 0.2) is 0 Å². The molecule has 0 bridgehead atoms. The standard InChI is InChI=1S/C18H15N3O2S/c22-18-15-3-1-2-4-16(15)20-17(21-18)12-5-7-14(8-6-12)23-9-13-10-24-11-19-13/h1-8,10-11,17,20H,9H2,(H,21,22). The number of benzene rings is 2. The summed E-state index contributed by atoms with van der Waals surface area (Å²) in [6.07, 6.45) is -0.250. The van der Waals surface area contributed by atoms with E-state index in [1.54, 1.807) is 16.8 Å². The van der Waals surface area contributed by atoms with Gasteiger partial charge in [0.2, 0.25) is 0 Å². The summed E-state index contributed by atoms with van der Waals surface area (Å²) in [7, 11) is 0. The first-order valence-corrected chi connectivity index (χ1v) is 8.50. The third-order valence-electron chi connectivity index (χ3n) is 3.83. The van der Waals surface area contributed by atoms with E-state index in [1.165, 1.54) is 0 Å². The molecule has 0 fully saturated rings. The maximum Gasteiger partial charge on any atom is 0.255 e. The highest BCUT2D eigenvalue weighted by Crippen LogP contribution is 2.27. The monoisotopic (exact) mass is 337 g/mol. The predicted octanol–water partition coefficient (Wildman–Crippen LogP) is 3.58. The van der Waals surface area contributed by atoms with Crippen molar-refractivity contribution < 1.29 is 9.53 Å². The number of nitrogens with zero attached hydrogens (tertiary/aromatic N) is 1. The lowest BCUT2D eigenvalue weighted by Crippen LogP contribution is -2.38. The highest BCUT2D eigenvalue weighted by molar-refractivity contribution is 7.07. The lowest BCUT2D eigenvalue weighted by molar-refractivity contribution is 0.0935. The number of carbonyl (C=O) groups is 1. The Morgan fingerprint density at radius 3 is 2.71 bits per heavy atom. The molecule has 1 aromatic heterocycles. The third kappa shape index (κ3) is 2.96. The molecular weight excluding hydrogens is 322 g/mol. The molecule has 0 saturated heterocycles. The quantitative estimate of drug-likeness (QED) is 0.764. The Bertz CT molecular complexity index is 847. The fraction of sp³-hybridized carbons (Fsp3) is 0.111. The topological polar surface area (TPSA) is 63.2 Å². The van der Waals surface area contributed by atoms with E-state index in [4.69, 9.17) is 4.74 Å². The zero-order chi connectivity index (χ0) is 16.4. The number of rotatable bonds is 4. The second-order valence-electron chi connectivity index (χ2n) is 5.43. The van der Waals surface area contributed by atoms with Crippen LogP contribution in [0.2, 0.25) is 0 Å². The molecule has 0 spiro atoms. The molecule has 120 valence electrons. The van der Waals surface area contributed by atoms with Crippen LogP contribution >= 0.6 is 11.3 Å². The van der Waals surface area contributed by atoms with E-state index < -0.39 is 0 Å². The number of hydrogen-bond acceptors (Lipinski definition) is 5. The van der Waals surface area contributed by atoms with Crippen LogP contribution < -0.4 is 15.4 Å². The lowest BCUT2D eigenvalue weighted by Gasteiger charge is -2.28. The summed E-state index contributed by atoms with van der Waals surface area (Å²) < 4.78 is 5.71. The largest absolute Gasteiger partial charge is 0.487 e. The smallest absolute Gasteiger partial charge is 0.255 e. The number of anilines is 1. The van der Waals surface area contributed by atoms with Crippen LogP contribution in [0.5, 0.6) is 5.75 Å². The van der Waals surface area contributed by atoms with Crippen LogP contribution in [0.4, 0.5) is 5.69 Å². The van der Waals surface area contributed by atoms with Gasteiger partial charge in [-0.15, -0.1) is 11.3 Å². The summed E-state index contributed by atoms with van der Waals surface area (Å²) >= 11 is 1.55. The van der Waals surface area contributed by atoms with Gasteiger partial charge >= 0.3 is 0 Å². The van der Waals surface area contributed by atoms with E-state index in [0.29, 0.717) is 12.2 Å². The number of fused-ring (bicyclic) bond motifs is 1. The van der Waals surface area contributed by atoms with Crippen molar-refractivity contribution in [3.05, 3.63) is 76.2 Å². The number of para-hydroxylation sites is 1. The van der Waals surface area contributed by atoms with Gasteiger partial charge in [0, 0.05) is 11.1 Å². The van der Waals surface area contributed by atoms with Crippen molar-refractivity contribution in [1.82, 2.24) is 10.3 Å². The first-order valence-electron chi connectivity index (χ1n) is 7.56. The SMILES string of the molecule is O=C1NC(c2ccc(OCc3cscn3)cc2)Nc2ccccc21. The number of thiazole rings is 1. The van der Waals surface area contributed by atoms with Crippen LogP contribution in [-0.2, 0) is 6.61 Å². The van der Waals surface area contributed by atoms with Crippen molar-refractivity contribution in [2.45, 2.75) is 12.8 Å². The Balaban J connectivity index is 1.46. The lowest BCUT2D eigenvalue weighted by atomic mass is 10.1. The minimum Gasteiger partial charge on any atom is -0.487 e. The number of carbonyl (C=O) groups excluding carboxylic acids is 1. The zero-order valence-corrected chi connectivity index (χ0v) is 13.5. The molecular formula is C18H15N3O2S. The number of nitrogens with one attached hydrogen (secondary N) is 2. The van der Waals surface area contributed by atoms with Crippen LogP contribution in [0.1, 0.15) is 27.8 Å². The van der Waals surface area contributed by atoms with Gasteiger partial charge < -0.3 is 15.4 Å². The molecule has 0 radical (unpaired) electrons. The average molecular weight is 337 g/mol. The van der Waals surface area contributed by atoms with Gasteiger partial charge in [-0.3, -0.25) is 4.79 Å². The van der Waals surface area contributed by atoms with Crippen LogP contribution in [0.25, 0.3) is 0 Å². The molecule has 3 aromatic rings. The predicted molar refractivity (Wildman–Crippen MR) is 93.2 cm³/mol. The third-order valence-corrected chi connectivity index (χ3v) is 4.47. The fourth-order valence-corrected chi connectivity index (χ4v) is 3.14. The van der Waals surface area contributed by atoms with Gasteiger partial charge in [0.1, 0.15) is 18.5 Å². The van der Waals surface area contributed by atoms with Gasteiger partial charge in [-0.25, -0.2) is 4.98 Å². The van der Waals surface area contributed by atoms with Crippen LogP contribution in [0.15, 0.2) is 59.4 Å². The molecule has 1 unspecified atom stereocenters. The Kier molecular flexibility index (Phi) is 3.88. The summed E-state index contributed by atoms with van der Waals surface area (Å²) in [6.45, 7) is 0.453. The Labute approximate surface area is 143 Å². The maximum absolute atomic E-state index is 12.2. The van der Waals surface area contributed by atoms with Crippen molar-refractivity contribution in [3.8, 4) is 5.75 Å². The zero-order valence-electron chi connectivity index (χ0n) is 12.7. The average Bonchev–Trinajstić information content (AvgIpc) is 3.14. The molecule has 6 heteroatoms. The molecule has 0 saturated carbocycles. The number of ether oxygens (including phenoxy) is 1. The molecule has 4 rings (SSSR count). The Morgan fingerprint density at radius 1 is 1.08 bits per heavy atom. The van der Waals surface area contributed by atoms with Crippen LogP contribution in [0, 0.1) is 0 Å². The van der Waals surface area contributed by atoms with E-state index in [0.717, 1.165) is 22.7 Å². The molecule has 2 heterocycles. The summed E-state index contributed by atoms with van der Waals surface area (Å²) in [5.74, 6) is 0.701. The van der Waals surface area contributed by atoms with Gasteiger partial charge in [-0.1, -0.05) is 24.3 Å². The molecule has 5 nitrogen and oxygen atoms in total. The summed E-state index contributed by atoms with van der Waals surface area (Å²) in [5, 5.41) is 8.26. The number of hydrogen-bond donors (Lipinski definition) is 2. The van der Waals surface area contributed by atoms with Gasteiger partial charge in [-0.2, -0.15) is 0 Å². The summed E-state index contributed by atoms with van der Waals surface area (Å²) in [5.41, 5.74) is 5.18. The number of amides is 1. The minimum absolute atomic E-state index is 0.0711. The van der Waals surface area contributed by atoms with Crippen molar-refractivity contribution in [2.75, 3.05) is 5.32 Å². The van der Waals surface area contributed by atoms with Crippen molar-refractivity contribution in [3.63, 3.8) is 0 Å². The van der Waals surface area contributed by atoms with Crippen LogP contribution in [0.3, 0.4) is 0 Å². The molecule has 1 atom stereocenters. The van der Waals surface area contributed by atoms with Gasteiger partial charge in [0.25, 0.3) is 5.91 Å². The van der Waals surface area contributed by atoms with E-state index in [-0.39, 0.29) is 12.1 Å².